The first-order valence-corrected chi connectivity index (χ1v) is 11.6. The molecule has 7 heteroatoms. The second kappa shape index (κ2) is 9.74. The number of benzene rings is 2. The van der Waals surface area contributed by atoms with E-state index in [2.05, 4.69) is 21.4 Å². The van der Waals surface area contributed by atoms with Gasteiger partial charge >= 0.3 is 6.09 Å². The van der Waals surface area contributed by atoms with Crippen molar-refractivity contribution in [2.24, 2.45) is 0 Å². The van der Waals surface area contributed by atoms with Crippen LogP contribution >= 0.6 is 0 Å². The fourth-order valence-corrected chi connectivity index (χ4v) is 4.41. The molecule has 0 saturated heterocycles. The van der Waals surface area contributed by atoms with Gasteiger partial charge in [-0.3, -0.25) is 9.88 Å². The summed E-state index contributed by atoms with van der Waals surface area (Å²) in [5.41, 5.74) is 7.12. The number of rotatable bonds is 6. The van der Waals surface area contributed by atoms with Gasteiger partial charge in [-0.25, -0.2) is 4.79 Å². The standard InChI is InChI=1S/C28H25N5O2/c1-19-23-11-13-31-25(23)10-9-24(19)32-27-21(17-30-18-22(27)16-29)7-4-5-15-35-28(34)33-14-12-20-6-2-3-8-26(20)33/h2-4,6-11,13,17-18,31H,5,12,14-15H2,1H3,(H,30,32)/b7-4+. The SMILES string of the molecule is Cc1c(Nc2c(C#N)cncc2/C=C/CCOC(=O)N2CCc3ccccc32)ccc2[nH]ccc12. The number of nitrogens with one attached hydrogen (secondary N) is 2. The number of ether oxygens (including phenoxy) is 1. The molecule has 2 N–H and O–H groups in total. The van der Waals surface area contributed by atoms with Crippen molar-refractivity contribution in [2.45, 2.75) is 19.8 Å². The summed E-state index contributed by atoms with van der Waals surface area (Å²) in [7, 11) is 0. The third kappa shape index (κ3) is 4.46. The fourth-order valence-electron chi connectivity index (χ4n) is 4.41. The average Bonchev–Trinajstić information content (AvgIpc) is 3.54. The van der Waals surface area contributed by atoms with E-state index in [0.29, 0.717) is 24.2 Å². The van der Waals surface area contributed by atoms with Gasteiger partial charge in [0, 0.05) is 47.3 Å². The number of nitrogens with zero attached hydrogens (tertiary/aromatic N) is 3. The van der Waals surface area contributed by atoms with Gasteiger partial charge in [-0.2, -0.15) is 5.26 Å². The summed E-state index contributed by atoms with van der Waals surface area (Å²) < 4.78 is 5.49. The maximum absolute atomic E-state index is 12.5. The topological polar surface area (TPSA) is 94.0 Å². The second-order valence-electron chi connectivity index (χ2n) is 8.40. The van der Waals surface area contributed by atoms with E-state index >= 15 is 0 Å². The number of pyridine rings is 1. The Morgan fingerprint density at radius 2 is 2.14 bits per heavy atom. The molecule has 2 aromatic carbocycles. The van der Waals surface area contributed by atoms with Crippen molar-refractivity contribution in [2.75, 3.05) is 23.4 Å². The van der Waals surface area contributed by atoms with Crippen molar-refractivity contribution >= 4 is 40.1 Å². The number of hydrogen-bond donors (Lipinski definition) is 2. The van der Waals surface area contributed by atoms with Gasteiger partial charge in [0.25, 0.3) is 0 Å². The fraction of sp³-hybridized carbons (Fsp3) is 0.179. The largest absolute Gasteiger partial charge is 0.449 e. The van der Waals surface area contributed by atoms with E-state index in [1.165, 1.54) is 5.56 Å². The summed E-state index contributed by atoms with van der Waals surface area (Å²) in [5.74, 6) is 0. The van der Waals surface area contributed by atoms with Crippen molar-refractivity contribution in [3.63, 3.8) is 0 Å². The molecule has 0 spiro atoms. The third-order valence-electron chi connectivity index (χ3n) is 6.27. The number of H-pyrrole nitrogens is 1. The number of hydrogen-bond acceptors (Lipinski definition) is 5. The molecule has 2 aromatic heterocycles. The summed E-state index contributed by atoms with van der Waals surface area (Å²) >= 11 is 0. The summed E-state index contributed by atoms with van der Waals surface area (Å²) in [4.78, 5) is 21.6. The predicted octanol–water partition coefficient (Wildman–Crippen LogP) is 6.09. The van der Waals surface area contributed by atoms with Crippen LogP contribution in [0, 0.1) is 18.3 Å². The summed E-state index contributed by atoms with van der Waals surface area (Å²) in [6.45, 7) is 2.96. The molecule has 0 radical (unpaired) electrons. The Hall–Kier alpha value is -4.57. The van der Waals surface area contributed by atoms with Crippen molar-refractivity contribution in [1.29, 1.82) is 5.26 Å². The van der Waals surface area contributed by atoms with Gasteiger partial charge in [0.05, 0.1) is 23.5 Å². The first-order valence-electron chi connectivity index (χ1n) is 11.6. The molecule has 0 saturated carbocycles. The first kappa shape index (κ1) is 22.2. The van der Waals surface area contributed by atoms with E-state index < -0.39 is 0 Å². The lowest BCUT2D eigenvalue weighted by molar-refractivity contribution is 0.156. The number of carbonyl (C=O) groups is 1. The molecule has 0 atom stereocenters. The summed E-state index contributed by atoms with van der Waals surface area (Å²) in [5, 5.41) is 14.2. The number of aromatic amines is 1. The molecule has 4 aromatic rings. The highest BCUT2D eigenvalue weighted by molar-refractivity contribution is 5.91. The van der Waals surface area contributed by atoms with E-state index in [1.807, 2.05) is 67.7 Å². The Morgan fingerprint density at radius 1 is 1.26 bits per heavy atom. The molecule has 1 aliphatic heterocycles. The van der Waals surface area contributed by atoms with Crippen molar-refractivity contribution in [1.82, 2.24) is 9.97 Å². The predicted molar refractivity (Wildman–Crippen MR) is 138 cm³/mol. The van der Waals surface area contributed by atoms with Gasteiger partial charge in [-0.05, 0) is 55.2 Å². The number of nitriles is 1. The third-order valence-corrected chi connectivity index (χ3v) is 6.27. The quantitative estimate of drug-likeness (QED) is 0.338. The molecule has 0 fully saturated rings. The molecule has 0 unspecified atom stereocenters. The Kier molecular flexibility index (Phi) is 6.18. The highest BCUT2D eigenvalue weighted by atomic mass is 16.6. The van der Waals surface area contributed by atoms with Crippen LogP contribution in [-0.4, -0.2) is 29.2 Å². The van der Waals surface area contributed by atoms with Crippen molar-refractivity contribution in [3.05, 3.63) is 89.4 Å². The normalized spacial score (nSPS) is 12.6. The minimum atomic E-state index is -0.325. The van der Waals surface area contributed by atoms with Crippen LogP contribution in [0.5, 0.6) is 0 Å². The number of para-hydroxylation sites is 1. The van der Waals surface area contributed by atoms with Crippen molar-refractivity contribution in [3.8, 4) is 6.07 Å². The second-order valence-corrected chi connectivity index (χ2v) is 8.40. The monoisotopic (exact) mass is 463 g/mol. The number of carbonyl (C=O) groups excluding carboxylic acids is 1. The Balaban J connectivity index is 1.26. The van der Waals surface area contributed by atoms with E-state index in [4.69, 9.17) is 4.74 Å². The Bertz CT molecular complexity index is 1460. The molecule has 1 amide bonds. The summed E-state index contributed by atoms with van der Waals surface area (Å²) in [6, 6.07) is 16.2. The highest BCUT2D eigenvalue weighted by Crippen LogP contribution is 2.31. The van der Waals surface area contributed by atoms with Crippen LogP contribution < -0.4 is 10.2 Å². The van der Waals surface area contributed by atoms with Crippen LogP contribution in [0.4, 0.5) is 21.9 Å². The lowest BCUT2D eigenvalue weighted by atomic mass is 10.1. The molecular weight excluding hydrogens is 438 g/mol. The van der Waals surface area contributed by atoms with Crippen LogP contribution in [0.15, 0.2) is 67.1 Å². The van der Waals surface area contributed by atoms with Crippen LogP contribution in [0.25, 0.3) is 17.0 Å². The van der Waals surface area contributed by atoms with Crippen LogP contribution in [0.3, 0.4) is 0 Å². The van der Waals surface area contributed by atoms with Gasteiger partial charge < -0.3 is 15.0 Å². The smallest absolute Gasteiger partial charge is 0.414 e. The van der Waals surface area contributed by atoms with Gasteiger partial charge in [0.1, 0.15) is 6.07 Å². The number of fused-ring (bicyclic) bond motifs is 2. The van der Waals surface area contributed by atoms with E-state index in [0.717, 1.165) is 39.8 Å². The van der Waals surface area contributed by atoms with E-state index in [9.17, 15) is 10.1 Å². The van der Waals surface area contributed by atoms with Gasteiger partial charge in [0.15, 0.2) is 0 Å². The molecule has 7 nitrogen and oxygen atoms in total. The van der Waals surface area contributed by atoms with Gasteiger partial charge in [-0.1, -0.05) is 30.4 Å². The zero-order valence-electron chi connectivity index (χ0n) is 19.4. The maximum atomic E-state index is 12.5. The lowest BCUT2D eigenvalue weighted by Gasteiger charge is -2.16. The molecule has 0 aliphatic carbocycles. The Morgan fingerprint density at radius 3 is 3.03 bits per heavy atom. The van der Waals surface area contributed by atoms with Crippen LogP contribution in [0.1, 0.15) is 28.7 Å². The molecule has 174 valence electrons. The molecule has 0 bridgehead atoms. The molecule has 1 aliphatic rings. The highest BCUT2D eigenvalue weighted by Gasteiger charge is 2.25. The number of amides is 1. The molecular formula is C28H25N5O2. The van der Waals surface area contributed by atoms with Crippen LogP contribution in [0.2, 0.25) is 0 Å². The molecule has 5 rings (SSSR count). The maximum Gasteiger partial charge on any atom is 0.414 e. The number of aryl methyl sites for hydroxylation is 1. The van der Waals surface area contributed by atoms with Gasteiger partial charge in [-0.15, -0.1) is 0 Å². The van der Waals surface area contributed by atoms with E-state index in [-0.39, 0.29) is 12.7 Å². The minimum absolute atomic E-state index is 0.269. The molecule has 3 heterocycles. The zero-order chi connectivity index (χ0) is 24.2. The van der Waals surface area contributed by atoms with Gasteiger partial charge in [0.2, 0.25) is 0 Å². The summed E-state index contributed by atoms with van der Waals surface area (Å²) in [6.07, 6.45) is 10.1. The first-order chi connectivity index (χ1) is 17.2. The average molecular weight is 464 g/mol. The number of anilines is 3. The Labute approximate surface area is 203 Å². The minimum Gasteiger partial charge on any atom is -0.449 e. The molecule has 35 heavy (non-hydrogen) atoms. The number of aromatic nitrogens is 2. The van der Waals surface area contributed by atoms with Crippen LogP contribution in [-0.2, 0) is 11.2 Å². The van der Waals surface area contributed by atoms with Crippen molar-refractivity contribution < 1.29 is 9.53 Å². The lowest BCUT2D eigenvalue weighted by Crippen LogP contribution is -2.29. The van der Waals surface area contributed by atoms with E-state index in [1.54, 1.807) is 17.3 Å². The zero-order valence-corrected chi connectivity index (χ0v) is 19.4.